The Hall–Kier alpha value is -0.460. The summed E-state index contributed by atoms with van der Waals surface area (Å²) in [6, 6.07) is -0.787. The van der Waals surface area contributed by atoms with Crippen molar-refractivity contribution in [3.8, 4) is 0 Å². The molecule has 82 valence electrons. The molecule has 1 fully saturated rings. The number of carboxylic acid groups (broad SMARTS) is 1. The van der Waals surface area contributed by atoms with Gasteiger partial charge in [0.25, 0.3) is 0 Å². The zero-order chi connectivity index (χ0) is 10.7. The zero-order valence-corrected chi connectivity index (χ0v) is 9.12. The summed E-state index contributed by atoms with van der Waals surface area (Å²) in [4.78, 5) is 10.9. The third-order valence-electron chi connectivity index (χ3n) is 2.21. The standard InChI is InChI=1S/C8H15NO4S/c1-3-14(12)9-4-5-13-6(2)7(9)8(10)11/h6-7H,3-5H2,1-2H3,(H,10,11). The van der Waals surface area contributed by atoms with Crippen molar-refractivity contribution in [1.82, 2.24) is 4.31 Å². The van der Waals surface area contributed by atoms with Crippen molar-refractivity contribution >= 4 is 17.0 Å². The van der Waals surface area contributed by atoms with E-state index in [2.05, 4.69) is 0 Å². The van der Waals surface area contributed by atoms with E-state index >= 15 is 0 Å². The van der Waals surface area contributed by atoms with E-state index in [1.807, 2.05) is 0 Å². The second-order valence-electron chi connectivity index (χ2n) is 3.11. The highest BCUT2D eigenvalue weighted by Crippen LogP contribution is 2.16. The van der Waals surface area contributed by atoms with Crippen LogP contribution in [0.1, 0.15) is 13.8 Å². The SMILES string of the molecule is CCS(=O)N1CCOC(C)C1C(=O)O. The van der Waals surface area contributed by atoms with Crippen LogP contribution in [0.2, 0.25) is 0 Å². The molecule has 0 aromatic carbocycles. The molecule has 0 amide bonds. The lowest BCUT2D eigenvalue weighted by Crippen LogP contribution is -2.55. The Labute approximate surface area is 85.6 Å². The summed E-state index contributed by atoms with van der Waals surface area (Å²) in [6.45, 7) is 4.32. The number of carboxylic acids is 1. The van der Waals surface area contributed by atoms with Gasteiger partial charge in [0.2, 0.25) is 0 Å². The predicted octanol–water partition coefficient (Wildman–Crippen LogP) is -0.156. The summed E-state index contributed by atoms with van der Waals surface area (Å²) in [5.74, 6) is -0.532. The summed E-state index contributed by atoms with van der Waals surface area (Å²) in [6.07, 6.45) is -0.406. The average Bonchev–Trinajstić information content (AvgIpc) is 2.15. The van der Waals surface area contributed by atoms with E-state index in [1.165, 1.54) is 4.31 Å². The van der Waals surface area contributed by atoms with Crippen molar-refractivity contribution in [2.75, 3.05) is 18.9 Å². The Morgan fingerprint density at radius 1 is 1.71 bits per heavy atom. The van der Waals surface area contributed by atoms with Crippen molar-refractivity contribution in [2.24, 2.45) is 0 Å². The van der Waals surface area contributed by atoms with Crippen molar-refractivity contribution in [1.29, 1.82) is 0 Å². The van der Waals surface area contributed by atoms with Crippen LogP contribution in [0.3, 0.4) is 0 Å². The average molecular weight is 221 g/mol. The zero-order valence-electron chi connectivity index (χ0n) is 8.30. The van der Waals surface area contributed by atoms with E-state index in [1.54, 1.807) is 13.8 Å². The van der Waals surface area contributed by atoms with Gasteiger partial charge < -0.3 is 9.84 Å². The minimum absolute atomic E-state index is 0.406. The van der Waals surface area contributed by atoms with Crippen LogP contribution >= 0.6 is 0 Å². The summed E-state index contributed by atoms with van der Waals surface area (Å²) < 4.78 is 18.3. The Morgan fingerprint density at radius 3 is 2.86 bits per heavy atom. The van der Waals surface area contributed by atoms with Crippen LogP contribution in [0.15, 0.2) is 0 Å². The molecule has 1 aliphatic rings. The Kier molecular flexibility index (Phi) is 4.03. The summed E-state index contributed by atoms with van der Waals surface area (Å²) in [5, 5.41) is 8.97. The molecule has 1 saturated heterocycles. The molecule has 14 heavy (non-hydrogen) atoms. The third kappa shape index (κ3) is 2.31. The molecule has 1 heterocycles. The molecule has 6 heteroatoms. The quantitative estimate of drug-likeness (QED) is 0.719. The van der Waals surface area contributed by atoms with E-state index in [0.717, 1.165) is 0 Å². The van der Waals surface area contributed by atoms with Crippen molar-refractivity contribution in [2.45, 2.75) is 26.0 Å². The molecule has 1 rings (SSSR count). The van der Waals surface area contributed by atoms with Crippen molar-refractivity contribution in [3.05, 3.63) is 0 Å². The molecule has 5 nitrogen and oxygen atoms in total. The van der Waals surface area contributed by atoms with Gasteiger partial charge in [-0.3, -0.25) is 4.79 Å². The molecular weight excluding hydrogens is 206 g/mol. The summed E-state index contributed by atoms with van der Waals surface area (Å²) >= 11 is 0. The number of nitrogens with zero attached hydrogens (tertiary/aromatic N) is 1. The van der Waals surface area contributed by atoms with Gasteiger partial charge in [0.15, 0.2) is 0 Å². The van der Waals surface area contributed by atoms with Gasteiger partial charge in [-0.25, -0.2) is 8.51 Å². The maximum absolute atomic E-state index is 11.5. The topological polar surface area (TPSA) is 66.8 Å². The van der Waals surface area contributed by atoms with Gasteiger partial charge in [-0.15, -0.1) is 0 Å². The van der Waals surface area contributed by atoms with Gasteiger partial charge in [-0.2, -0.15) is 0 Å². The molecule has 1 N–H and O–H groups in total. The van der Waals surface area contributed by atoms with Crippen LogP contribution in [-0.2, 0) is 20.5 Å². The van der Waals surface area contributed by atoms with Crippen LogP contribution < -0.4 is 0 Å². The maximum Gasteiger partial charge on any atom is 0.324 e. The van der Waals surface area contributed by atoms with Crippen LogP contribution in [0.5, 0.6) is 0 Å². The number of aliphatic carboxylic acids is 1. The smallest absolute Gasteiger partial charge is 0.324 e. The largest absolute Gasteiger partial charge is 0.480 e. The van der Waals surface area contributed by atoms with Gasteiger partial charge >= 0.3 is 5.97 Å². The Bertz CT molecular complexity index is 245. The van der Waals surface area contributed by atoms with E-state index in [0.29, 0.717) is 18.9 Å². The van der Waals surface area contributed by atoms with Gasteiger partial charge in [0, 0.05) is 12.3 Å². The first-order valence-corrected chi connectivity index (χ1v) is 5.85. The number of hydrogen-bond donors (Lipinski definition) is 1. The number of rotatable bonds is 3. The highest BCUT2D eigenvalue weighted by atomic mass is 32.2. The number of carbonyl (C=O) groups is 1. The molecule has 0 aromatic heterocycles. The van der Waals surface area contributed by atoms with Crippen LogP contribution in [-0.4, -0.2) is 50.6 Å². The van der Waals surface area contributed by atoms with E-state index in [-0.39, 0.29) is 0 Å². The fraction of sp³-hybridized carbons (Fsp3) is 0.875. The molecule has 0 saturated carbocycles. The predicted molar refractivity (Wildman–Crippen MR) is 52.2 cm³/mol. The fourth-order valence-electron chi connectivity index (χ4n) is 1.51. The van der Waals surface area contributed by atoms with Crippen molar-refractivity contribution < 1.29 is 18.8 Å². The molecular formula is C8H15NO4S. The molecule has 1 aliphatic heterocycles. The number of morpholine rings is 1. The lowest BCUT2D eigenvalue weighted by molar-refractivity contribution is -0.150. The van der Waals surface area contributed by atoms with Gasteiger partial charge in [0.1, 0.15) is 6.04 Å². The minimum Gasteiger partial charge on any atom is -0.480 e. The molecule has 3 unspecified atom stereocenters. The molecule has 0 aliphatic carbocycles. The fourth-order valence-corrected chi connectivity index (χ4v) is 2.64. The van der Waals surface area contributed by atoms with Crippen LogP contribution in [0, 0.1) is 0 Å². The monoisotopic (exact) mass is 221 g/mol. The second kappa shape index (κ2) is 4.86. The second-order valence-corrected chi connectivity index (χ2v) is 4.80. The molecule has 0 aromatic rings. The lowest BCUT2D eigenvalue weighted by Gasteiger charge is -2.35. The first-order chi connectivity index (χ1) is 6.57. The number of ether oxygens (including phenoxy) is 1. The Balaban J connectivity index is 2.79. The van der Waals surface area contributed by atoms with Gasteiger partial charge in [0.05, 0.1) is 23.7 Å². The molecule has 3 atom stereocenters. The van der Waals surface area contributed by atoms with E-state index in [4.69, 9.17) is 9.84 Å². The lowest BCUT2D eigenvalue weighted by atomic mass is 10.1. The highest BCUT2D eigenvalue weighted by Gasteiger charge is 2.37. The summed E-state index contributed by atoms with van der Waals surface area (Å²) in [7, 11) is -1.21. The van der Waals surface area contributed by atoms with Crippen molar-refractivity contribution in [3.63, 3.8) is 0 Å². The first kappa shape index (κ1) is 11.6. The van der Waals surface area contributed by atoms with Crippen LogP contribution in [0.4, 0.5) is 0 Å². The molecule has 0 spiro atoms. The van der Waals surface area contributed by atoms with E-state index < -0.39 is 29.1 Å². The van der Waals surface area contributed by atoms with Crippen LogP contribution in [0.25, 0.3) is 0 Å². The summed E-state index contributed by atoms with van der Waals surface area (Å²) in [5.41, 5.74) is 0. The minimum atomic E-state index is -1.21. The molecule has 0 bridgehead atoms. The molecule has 0 radical (unpaired) electrons. The first-order valence-electron chi connectivity index (χ1n) is 4.57. The number of hydrogen-bond acceptors (Lipinski definition) is 3. The van der Waals surface area contributed by atoms with Gasteiger partial charge in [-0.05, 0) is 6.92 Å². The highest BCUT2D eigenvalue weighted by molar-refractivity contribution is 7.82. The maximum atomic E-state index is 11.5. The van der Waals surface area contributed by atoms with E-state index in [9.17, 15) is 9.00 Å². The van der Waals surface area contributed by atoms with Gasteiger partial charge in [-0.1, -0.05) is 6.92 Å². The Morgan fingerprint density at radius 2 is 2.36 bits per heavy atom. The third-order valence-corrected chi connectivity index (χ3v) is 3.64. The normalized spacial score (nSPS) is 31.3.